The maximum absolute atomic E-state index is 5.55. The lowest BCUT2D eigenvalue weighted by molar-refractivity contribution is 0.335. The maximum Gasteiger partial charge on any atom is 0.123 e. The Morgan fingerprint density at radius 3 is 2.73 bits per heavy atom. The van der Waals surface area contributed by atoms with Crippen LogP contribution in [0, 0.1) is 0 Å². The van der Waals surface area contributed by atoms with Crippen LogP contribution in [0.3, 0.4) is 0 Å². The summed E-state index contributed by atoms with van der Waals surface area (Å²) >= 11 is 0. The molecule has 0 unspecified atom stereocenters. The SMILES string of the molecule is CCCCNCc1ccccc1OCC. The maximum atomic E-state index is 5.55. The molecule has 1 rings (SSSR count). The Morgan fingerprint density at radius 2 is 2.00 bits per heavy atom. The van der Waals surface area contributed by atoms with E-state index in [1.54, 1.807) is 0 Å². The zero-order valence-electron chi connectivity index (χ0n) is 9.75. The number of hydrogen-bond donors (Lipinski definition) is 1. The van der Waals surface area contributed by atoms with Gasteiger partial charge in [0, 0.05) is 12.1 Å². The van der Waals surface area contributed by atoms with E-state index in [1.807, 2.05) is 19.1 Å². The zero-order chi connectivity index (χ0) is 10.9. The van der Waals surface area contributed by atoms with Gasteiger partial charge in [0.1, 0.15) is 5.75 Å². The molecule has 0 saturated heterocycles. The van der Waals surface area contributed by atoms with Crippen molar-refractivity contribution in [1.29, 1.82) is 0 Å². The quantitative estimate of drug-likeness (QED) is 0.694. The summed E-state index contributed by atoms with van der Waals surface area (Å²) in [5, 5.41) is 3.42. The predicted molar refractivity (Wildman–Crippen MR) is 64.2 cm³/mol. The van der Waals surface area contributed by atoms with Gasteiger partial charge in [-0.25, -0.2) is 0 Å². The highest BCUT2D eigenvalue weighted by Crippen LogP contribution is 2.17. The molecule has 0 aliphatic heterocycles. The van der Waals surface area contributed by atoms with E-state index in [2.05, 4.69) is 24.4 Å². The fraction of sp³-hybridized carbons (Fsp3) is 0.538. The first-order chi connectivity index (χ1) is 7.38. The summed E-state index contributed by atoms with van der Waals surface area (Å²) in [7, 11) is 0. The molecule has 0 aliphatic carbocycles. The van der Waals surface area contributed by atoms with E-state index in [1.165, 1.54) is 18.4 Å². The Hall–Kier alpha value is -1.02. The van der Waals surface area contributed by atoms with Crippen LogP contribution in [0.4, 0.5) is 0 Å². The summed E-state index contributed by atoms with van der Waals surface area (Å²) in [4.78, 5) is 0. The minimum atomic E-state index is 0.728. The Labute approximate surface area is 92.6 Å². The molecule has 0 atom stereocenters. The van der Waals surface area contributed by atoms with Crippen LogP contribution in [0.25, 0.3) is 0 Å². The molecule has 15 heavy (non-hydrogen) atoms. The van der Waals surface area contributed by atoms with E-state index in [9.17, 15) is 0 Å². The Kier molecular flexibility index (Phi) is 5.86. The summed E-state index contributed by atoms with van der Waals surface area (Å²) in [5.41, 5.74) is 1.25. The van der Waals surface area contributed by atoms with Crippen LogP contribution in [0.1, 0.15) is 32.3 Å². The molecular weight excluding hydrogens is 186 g/mol. The van der Waals surface area contributed by atoms with Crippen molar-refractivity contribution in [3.63, 3.8) is 0 Å². The number of benzene rings is 1. The summed E-state index contributed by atoms with van der Waals surface area (Å²) < 4.78 is 5.55. The van der Waals surface area contributed by atoms with Crippen molar-refractivity contribution >= 4 is 0 Å². The molecular formula is C13H21NO. The fourth-order valence-electron chi connectivity index (χ4n) is 1.47. The van der Waals surface area contributed by atoms with E-state index in [0.29, 0.717) is 0 Å². The molecule has 1 aromatic rings. The lowest BCUT2D eigenvalue weighted by Crippen LogP contribution is -2.15. The van der Waals surface area contributed by atoms with Crippen LogP contribution in [0.2, 0.25) is 0 Å². The normalized spacial score (nSPS) is 10.3. The molecule has 2 nitrogen and oxygen atoms in total. The van der Waals surface area contributed by atoms with Gasteiger partial charge in [0.15, 0.2) is 0 Å². The van der Waals surface area contributed by atoms with Crippen molar-refractivity contribution in [2.75, 3.05) is 13.2 Å². The van der Waals surface area contributed by atoms with Crippen molar-refractivity contribution in [2.45, 2.75) is 33.2 Å². The van der Waals surface area contributed by atoms with Gasteiger partial charge < -0.3 is 10.1 Å². The number of ether oxygens (including phenoxy) is 1. The van der Waals surface area contributed by atoms with Gasteiger partial charge in [-0.15, -0.1) is 0 Å². The second-order valence-electron chi connectivity index (χ2n) is 3.57. The zero-order valence-corrected chi connectivity index (χ0v) is 9.75. The van der Waals surface area contributed by atoms with Gasteiger partial charge in [-0.3, -0.25) is 0 Å². The van der Waals surface area contributed by atoms with E-state index < -0.39 is 0 Å². The average Bonchev–Trinajstić information content (AvgIpc) is 2.27. The minimum absolute atomic E-state index is 0.728. The van der Waals surface area contributed by atoms with Crippen LogP contribution in [0.15, 0.2) is 24.3 Å². The first-order valence-corrected chi connectivity index (χ1v) is 5.80. The first kappa shape index (κ1) is 12.1. The van der Waals surface area contributed by atoms with Gasteiger partial charge in [0.05, 0.1) is 6.61 Å². The average molecular weight is 207 g/mol. The van der Waals surface area contributed by atoms with Crippen molar-refractivity contribution in [3.8, 4) is 5.75 Å². The molecule has 0 radical (unpaired) electrons. The van der Waals surface area contributed by atoms with Gasteiger partial charge in [-0.1, -0.05) is 31.5 Å². The van der Waals surface area contributed by atoms with E-state index in [-0.39, 0.29) is 0 Å². The minimum Gasteiger partial charge on any atom is -0.494 e. The smallest absolute Gasteiger partial charge is 0.123 e. The molecule has 0 amide bonds. The highest BCUT2D eigenvalue weighted by atomic mass is 16.5. The Balaban J connectivity index is 2.44. The summed E-state index contributed by atoms with van der Waals surface area (Å²) in [6, 6.07) is 8.21. The van der Waals surface area contributed by atoms with Crippen molar-refractivity contribution in [2.24, 2.45) is 0 Å². The molecule has 0 spiro atoms. The van der Waals surface area contributed by atoms with E-state index in [0.717, 1.165) is 25.4 Å². The van der Waals surface area contributed by atoms with Gasteiger partial charge in [0.25, 0.3) is 0 Å². The number of rotatable bonds is 7. The van der Waals surface area contributed by atoms with Gasteiger partial charge in [0.2, 0.25) is 0 Å². The van der Waals surface area contributed by atoms with Crippen LogP contribution >= 0.6 is 0 Å². The monoisotopic (exact) mass is 207 g/mol. The molecule has 1 aromatic carbocycles. The van der Waals surface area contributed by atoms with Crippen LogP contribution in [-0.4, -0.2) is 13.2 Å². The first-order valence-electron chi connectivity index (χ1n) is 5.80. The Bertz CT molecular complexity index is 273. The molecule has 0 saturated carbocycles. The highest BCUT2D eigenvalue weighted by Gasteiger charge is 2.00. The molecule has 2 heteroatoms. The van der Waals surface area contributed by atoms with Gasteiger partial charge in [-0.05, 0) is 26.0 Å². The summed E-state index contributed by atoms with van der Waals surface area (Å²) in [6.07, 6.45) is 2.47. The van der Waals surface area contributed by atoms with E-state index in [4.69, 9.17) is 4.74 Å². The largest absolute Gasteiger partial charge is 0.494 e. The fourth-order valence-corrected chi connectivity index (χ4v) is 1.47. The Morgan fingerprint density at radius 1 is 1.20 bits per heavy atom. The van der Waals surface area contributed by atoms with Crippen LogP contribution in [-0.2, 0) is 6.54 Å². The van der Waals surface area contributed by atoms with Crippen molar-refractivity contribution < 1.29 is 4.74 Å². The third-order valence-electron chi connectivity index (χ3n) is 2.30. The third-order valence-corrected chi connectivity index (χ3v) is 2.30. The molecule has 84 valence electrons. The number of para-hydroxylation sites is 1. The number of unbranched alkanes of at least 4 members (excludes halogenated alkanes) is 1. The summed E-state index contributed by atoms with van der Waals surface area (Å²) in [6.45, 7) is 6.93. The molecule has 0 aliphatic rings. The van der Waals surface area contributed by atoms with E-state index >= 15 is 0 Å². The summed E-state index contributed by atoms with van der Waals surface area (Å²) in [5.74, 6) is 1.00. The van der Waals surface area contributed by atoms with Crippen molar-refractivity contribution in [3.05, 3.63) is 29.8 Å². The molecule has 0 fully saturated rings. The molecule has 0 aromatic heterocycles. The van der Waals surface area contributed by atoms with Gasteiger partial charge >= 0.3 is 0 Å². The predicted octanol–water partition coefficient (Wildman–Crippen LogP) is 2.98. The number of hydrogen-bond acceptors (Lipinski definition) is 2. The second kappa shape index (κ2) is 7.30. The van der Waals surface area contributed by atoms with Crippen LogP contribution in [0.5, 0.6) is 5.75 Å². The molecule has 0 heterocycles. The third kappa shape index (κ3) is 4.34. The lowest BCUT2D eigenvalue weighted by Gasteiger charge is -2.10. The molecule has 0 bridgehead atoms. The second-order valence-corrected chi connectivity index (χ2v) is 3.57. The lowest BCUT2D eigenvalue weighted by atomic mass is 10.2. The standard InChI is InChI=1S/C13H21NO/c1-3-5-10-14-11-12-8-6-7-9-13(12)15-4-2/h6-9,14H,3-5,10-11H2,1-2H3. The number of nitrogens with one attached hydrogen (secondary N) is 1. The molecule has 1 N–H and O–H groups in total. The van der Waals surface area contributed by atoms with Gasteiger partial charge in [-0.2, -0.15) is 0 Å². The van der Waals surface area contributed by atoms with Crippen LogP contribution < -0.4 is 10.1 Å². The van der Waals surface area contributed by atoms with Crippen molar-refractivity contribution in [1.82, 2.24) is 5.32 Å². The topological polar surface area (TPSA) is 21.3 Å². The highest BCUT2D eigenvalue weighted by molar-refractivity contribution is 5.33.